The van der Waals surface area contributed by atoms with Gasteiger partial charge in [0.15, 0.2) is 0 Å². The maximum Gasteiger partial charge on any atom is 0.311 e. The summed E-state index contributed by atoms with van der Waals surface area (Å²) in [5.41, 5.74) is 7.00. The molecule has 0 radical (unpaired) electrons. The van der Waals surface area contributed by atoms with Crippen molar-refractivity contribution in [2.24, 2.45) is 0 Å². The van der Waals surface area contributed by atoms with Crippen LogP contribution >= 0.6 is 11.6 Å². The number of anilines is 1. The van der Waals surface area contributed by atoms with Crippen molar-refractivity contribution in [2.45, 2.75) is 12.3 Å². The fraction of sp³-hybridized carbons (Fsp3) is 0.133. The number of nitro groups is 1. The number of nitrogen functional groups attached to an aromatic ring is 1. The Kier molecular flexibility index (Phi) is 4.62. The fourth-order valence-corrected chi connectivity index (χ4v) is 2.32. The molecule has 114 valence electrons. The van der Waals surface area contributed by atoms with Crippen molar-refractivity contribution >= 4 is 28.9 Å². The molecule has 2 aromatic rings. The summed E-state index contributed by atoms with van der Waals surface area (Å²) in [4.78, 5) is 21.8. The SMILES string of the molecule is Nc1ccc(C(Cc2ccc(Cl)c([N+](=O)[O-])c2)C(=O)O)cc1. The highest BCUT2D eigenvalue weighted by atomic mass is 35.5. The van der Waals surface area contributed by atoms with Crippen molar-refractivity contribution in [1.29, 1.82) is 0 Å². The lowest BCUT2D eigenvalue weighted by atomic mass is 9.92. The van der Waals surface area contributed by atoms with Crippen LogP contribution in [0.3, 0.4) is 0 Å². The van der Waals surface area contributed by atoms with E-state index in [0.717, 1.165) is 0 Å². The lowest BCUT2D eigenvalue weighted by Crippen LogP contribution is -2.14. The monoisotopic (exact) mass is 320 g/mol. The lowest BCUT2D eigenvalue weighted by Gasteiger charge is -2.13. The van der Waals surface area contributed by atoms with Crippen LogP contribution in [0.5, 0.6) is 0 Å². The third kappa shape index (κ3) is 3.53. The minimum Gasteiger partial charge on any atom is -0.481 e. The molecule has 0 aliphatic rings. The van der Waals surface area contributed by atoms with E-state index in [1.54, 1.807) is 30.3 Å². The van der Waals surface area contributed by atoms with Gasteiger partial charge in [-0.05, 0) is 35.7 Å². The van der Waals surface area contributed by atoms with E-state index >= 15 is 0 Å². The number of benzene rings is 2. The summed E-state index contributed by atoms with van der Waals surface area (Å²) in [6.07, 6.45) is 0.122. The topological polar surface area (TPSA) is 106 Å². The van der Waals surface area contributed by atoms with E-state index in [-0.39, 0.29) is 17.1 Å². The summed E-state index contributed by atoms with van der Waals surface area (Å²) in [5, 5.41) is 20.3. The maximum atomic E-state index is 11.5. The number of nitro benzene ring substituents is 1. The van der Waals surface area contributed by atoms with Crippen LogP contribution in [-0.2, 0) is 11.2 Å². The van der Waals surface area contributed by atoms with Gasteiger partial charge in [-0.25, -0.2) is 0 Å². The van der Waals surface area contributed by atoms with Crippen LogP contribution in [0.4, 0.5) is 11.4 Å². The second kappa shape index (κ2) is 6.44. The molecule has 0 amide bonds. The molecule has 0 aliphatic heterocycles. The van der Waals surface area contributed by atoms with Crippen molar-refractivity contribution in [3.05, 3.63) is 68.7 Å². The van der Waals surface area contributed by atoms with Crippen LogP contribution in [0.25, 0.3) is 0 Å². The molecular formula is C15H13ClN2O4. The molecule has 0 saturated heterocycles. The van der Waals surface area contributed by atoms with Crippen LogP contribution in [0.2, 0.25) is 5.02 Å². The summed E-state index contributed by atoms with van der Waals surface area (Å²) in [6.45, 7) is 0. The van der Waals surface area contributed by atoms with Gasteiger partial charge in [-0.1, -0.05) is 29.8 Å². The highest BCUT2D eigenvalue weighted by molar-refractivity contribution is 6.32. The summed E-state index contributed by atoms with van der Waals surface area (Å²) in [5.74, 6) is -1.83. The predicted molar refractivity (Wildman–Crippen MR) is 83.0 cm³/mol. The Labute approximate surface area is 131 Å². The molecule has 0 bridgehead atoms. The second-order valence-electron chi connectivity index (χ2n) is 4.80. The van der Waals surface area contributed by atoms with E-state index in [1.807, 2.05) is 0 Å². The Morgan fingerprint density at radius 3 is 2.45 bits per heavy atom. The number of nitrogens with zero attached hydrogens (tertiary/aromatic N) is 1. The fourth-order valence-electron chi connectivity index (χ4n) is 2.14. The molecule has 6 nitrogen and oxygen atoms in total. The number of nitrogens with two attached hydrogens (primary N) is 1. The molecule has 3 N–H and O–H groups in total. The van der Waals surface area contributed by atoms with Gasteiger partial charge in [-0.15, -0.1) is 0 Å². The number of carboxylic acids is 1. The second-order valence-corrected chi connectivity index (χ2v) is 5.21. The van der Waals surface area contributed by atoms with E-state index in [0.29, 0.717) is 16.8 Å². The van der Waals surface area contributed by atoms with E-state index in [1.165, 1.54) is 12.1 Å². The van der Waals surface area contributed by atoms with Crippen LogP contribution in [-0.4, -0.2) is 16.0 Å². The molecule has 1 unspecified atom stereocenters. The van der Waals surface area contributed by atoms with Gasteiger partial charge < -0.3 is 10.8 Å². The first-order chi connectivity index (χ1) is 10.4. The first-order valence-electron chi connectivity index (χ1n) is 6.39. The number of carbonyl (C=O) groups is 1. The van der Waals surface area contributed by atoms with Crippen molar-refractivity contribution in [1.82, 2.24) is 0 Å². The van der Waals surface area contributed by atoms with Crippen molar-refractivity contribution in [2.75, 3.05) is 5.73 Å². The molecule has 0 saturated carbocycles. The molecule has 1 atom stereocenters. The molecule has 0 aromatic heterocycles. The minimum atomic E-state index is -1.01. The zero-order chi connectivity index (χ0) is 16.3. The molecule has 0 heterocycles. The third-order valence-electron chi connectivity index (χ3n) is 3.28. The maximum absolute atomic E-state index is 11.5. The summed E-state index contributed by atoms with van der Waals surface area (Å²) in [6, 6.07) is 10.8. The summed E-state index contributed by atoms with van der Waals surface area (Å²) in [7, 11) is 0. The summed E-state index contributed by atoms with van der Waals surface area (Å²) < 4.78 is 0. The Bertz CT molecular complexity index is 716. The number of aliphatic carboxylic acids is 1. The first kappa shape index (κ1) is 15.8. The number of hydrogen-bond acceptors (Lipinski definition) is 4. The van der Waals surface area contributed by atoms with E-state index in [2.05, 4.69) is 0 Å². The number of hydrogen-bond donors (Lipinski definition) is 2. The molecule has 22 heavy (non-hydrogen) atoms. The highest BCUT2D eigenvalue weighted by Gasteiger charge is 2.22. The Morgan fingerprint density at radius 1 is 1.27 bits per heavy atom. The average molecular weight is 321 g/mol. The average Bonchev–Trinajstić information content (AvgIpc) is 2.47. The molecule has 0 spiro atoms. The van der Waals surface area contributed by atoms with Gasteiger partial charge in [0.1, 0.15) is 5.02 Å². The normalized spacial score (nSPS) is 11.9. The zero-order valence-electron chi connectivity index (χ0n) is 11.4. The lowest BCUT2D eigenvalue weighted by molar-refractivity contribution is -0.384. The zero-order valence-corrected chi connectivity index (χ0v) is 12.2. The van der Waals surface area contributed by atoms with Gasteiger partial charge in [-0.2, -0.15) is 0 Å². The molecule has 0 aliphatic carbocycles. The molecule has 7 heteroatoms. The van der Waals surface area contributed by atoms with Gasteiger partial charge in [0.25, 0.3) is 5.69 Å². The smallest absolute Gasteiger partial charge is 0.311 e. The minimum absolute atomic E-state index is 0.0214. The first-order valence-corrected chi connectivity index (χ1v) is 6.77. The number of carboxylic acid groups (broad SMARTS) is 1. The van der Waals surface area contributed by atoms with E-state index in [4.69, 9.17) is 17.3 Å². The van der Waals surface area contributed by atoms with Crippen molar-refractivity contribution in [3.8, 4) is 0 Å². The Hall–Kier alpha value is -2.60. The Morgan fingerprint density at radius 2 is 1.91 bits per heavy atom. The van der Waals surface area contributed by atoms with Crippen molar-refractivity contribution < 1.29 is 14.8 Å². The van der Waals surface area contributed by atoms with Crippen LogP contribution < -0.4 is 5.73 Å². The van der Waals surface area contributed by atoms with Gasteiger partial charge in [0, 0.05) is 11.8 Å². The van der Waals surface area contributed by atoms with Gasteiger partial charge in [0.2, 0.25) is 0 Å². The highest BCUT2D eigenvalue weighted by Crippen LogP contribution is 2.28. The molecular weight excluding hydrogens is 308 g/mol. The largest absolute Gasteiger partial charge is 0.481 e. The molecule has 2 rings (SSSR count). The number of rotatable bonds is 5. The van der Waals surface area contributed by atoms with Gasteiger partial charge in [-0.3, -0.25) is 14.9 Å². The van der Waals surface area contributed by atoms with Crippen molar-refractivity contribution in [3.63, 3.8) is 0 Å². The Balaban J connectivity index is 2.32. The van der Waals surface area contributed by atoms with E-state index in [9.17, 15) is 20.0 Å². The predicted octanol–water partition coefficient (Wildman–Crippen LogP) is 3.24. The number of halogens is 1. The third-order valence-corrected chi connectivity index (χ3v) is 3.60. The van der Waals surface area contributed by atoms with Crippen LogP contribution in [0, 0.1) is 10.1 Å². The van der Waals surface area contributed by atoms with Gasteiger partial charge >= 0.3 is 5.97 Å². The quantitative estimate of drug-likeness (QED) is 0.499. The van der Waals surface area contributed by atoms with Crippen LogP contribution in [0.15, 0.2) is 42.5 Å². The standard InChI is InChI=1S/C15H13ClN2O4/c16-13-6-1-9(8-14(13)18(21)22)7-12(15(19)20)10-2-4-11(17)5-3-10/h1-6,8,12H,7,17H2,(H,19,20). The molecule has 2 aromatic carbocycles. The van der Waals surface area contributed by atoms with E-state index < -0.39 is 16.8 Å². The van der Waals surface area contributed by atoms with Crippen LogP contribution in [0.1, 0.15) is 17.0 Å². The summed E-state index contributed by atoms with van der Waals surface area (Å²) >= 11 is 5.75. The molecule has 0 fully saturated rings. The van der Waals surface area contributed by atoms with Gasteiger partial charge in [0.05, 0.1) is 10.8 Å².